The summed E-state index contributed by atoms with van der Waals surface area (Å²) in [5.41, 5.74) is 1.36. The highest BCUT2D eigenvalue weighted by Gasteiger charge is 2.37. The van der Waals surface area contributed by atoms with Gasteiger partial charge in [-0.1, -0.05) is 41.8 Å². The number of urea groups is 1. The Kier molecular flexibility index (Phi) is 9.04. The molecule has 1 unspecified atom stereocenters. The molecule has 8 nitrogen and oxygen atoms in total. The number of carboxylic acids is 1. The zero-order valence-electron chi connectivity index (χ0n) is 19.8. The van der Waals surface area contributed by atoms with E-state index in [1.54, 1.807) is 37.3 Å². The summed E-state index contributed by atoms with van der Waals surface area (Å²) < 4.78 is 17.6. The molecule has 1 fully saturated rings. The molecule has 0 spiro atoms. The summed E-state index contributed by atoms with van der Waals surface area (Å²) in [6.07, 6.45) is 3.05. The average molecular weight is 535 g/mol. The molecular formula is C25H31BrN2O6. The van der Waals surface area contributed by atoms with Crippen molar-refractivity contribution in [3.8, 4) is 17.2 Å². The van der Waals surface area contributed by atoms with Gasteiger partial charge in [0.15, 0.2) is 11.5 Å². The second-order valence-corrected chi connectivity index (χ2v) is 9.07. The number of unbranched alkanes of at least 4 members (excludes halogenated alkanes) is 2. The van der Waals surface area contributed by atoms with Crippen LogP contribution in [0.2, 0.25) is 0 Å². The first-order valence-corrected chi connectivity index (χ1v) is 12.1. The zero-order chi connectivity index (χ0) is 24.7. The molecular weight excluding hydrogens is 504 g/mol. The summed E-state index contributed by atoms with van der Waals surface area (Å²) in [6.45, 7) is 3.07. The van der Waals surface area contributed by atoms with Crippen molar-refractivity contribution in [3.05, 3.63) is 46.4 Å². The molecule has 2 aromatic carbocycles. The van der Waals surface area contributed by atoms with Crippen LogP contribution in [-0.2, 0) is 11.3 Å². The van der Waals surface area contributed by atoms with Crippen molar-refractivity contribution < 1.29 is 28.9 Å². The van der Waals surface area contributed by atoms with E-state index in [4.69, 9.17) is 14.2 Å². The molecule has 1 saturated heterocycles. The van der Waals surface area contributed by atoms with Gasteiger partial charge < -0.3 is 24.2 Å². The number of anilines is 1. The fourth-order valence-electron chi connectivity index (χ4n) is 3.91. The van der Waals surface area contributed by atoms with E-state index in [1.807, 2.05) is 18.2 Å². The minimum atomic E-state index is -0.949. The van der Waals surface area contributed by atoms with Gasteiger partial charge in [0.05, 0.1) is 33.3 Å². The quantitative estimate of drug-likeness (QED) is 0.399. The predicted molar refractivity (Wildman–Crippen MR) is 133 cm³/mol. The SMILES string of the molecule is CCCCCOc1cc(N2CC(C(=O)O)CN(Cc3ccc(Br)cc3OC)C2=O)ccc1OC. The second kappa shape index (κ2) is 12.0. The summed E-state index contributed by atoms with van der Waals surface area (Å²) >= 11 is 3.42. The van der Waals surface area contributed by atoms with Crippen molar-refractivity contribution in [3.63, 3.8) is 0 Å². The molecule has 2 aromatic rings. The third kappa shape index (κ3) is 6.14. The smallest absolute Gasteiger partial charge is 0.324 e. The minimum absolute atomic E-state index is 0.0732. The number of methoxy groups -OCH3 is 2. The molecule has 3 rings (SSSR count). The third-order valence-corrected chi connectivity index (χ3v) is 6.26. The molecule has 184 valence electrons. The van der Waals surface area contributed by atoms with Gasteiger partial charge in [0, 0.05) is 34.9 Å². The van der Waals surface area contributed by atoms with E-state index in [1.165, 1.54) is 4.90 Å². The molecule has 0 radical (unpaired) electrons. The molecule has 0 aromatic heterocycles. The van der Waals surface area contributed by atoms with Crippen LogP contribution in [0.1, 0.15) is 31.7 Å². The lowest BCUT2D eigenvalue weighted by Crippen LogP contribution is -2.55. The number of carbonyl (C=O) groups excluding carboxylic acids is 1. The first-order chi connectivity index (χ1) is 16.4. The lowest BCUT2D eigenvalue weighted by atomic mass is 10.0. The first kappa shape index (κ1) is 25.7. The third-order valence-electron chi connectivity index (χ3n) is 5.77. The summed E-state index contributed by atoms with van der Waals surface area (Å²) in [4.78, 5) is 28.4. The fraction of sp³-hybridized carbons (Fsp3) is 0.440. The van der Waals surface area contributed by atoms with Gasteiger partial charge >= 0.3 is 12.0 Å². The van der Waals surface area contributed by atoms with Gasteiger partial charge in [-0.2, -0.15) is 0 Å². The number of aliphatic carboxylic acids is 1. The Balaban J connectivity index is 1.88. The molecule has 1 aliphatic heterocycles. The van der Waals surface area contributed by atoms with Gasteiger partial charge in [-0.25, -0.2) is 4.79 Å². The normalized spacial score (nSPS) is 15.9. The number of rotatable bonds is 11. The molecule has 9 heteroatoms. The van der Waals surface area contributed by atoms with Gasteiger partial charge in [0.1, 0.15) is 5.75 Å². The Morgan fingerprint density at radius 2 is 1.82 bits per heavy atom. The van der Waals surface area contributed by atoms with Crippen LogP contribution < -0.4 is 19.1 Å². The number of carbonyl (C=O) groups is 2. The Bertz CT molecular complexity index is 1010. The summed E-state index contributed by atoms with van der Waals surface area (Å²) in [6, 6.07) is 10.5. The van der Waals surface area contributed by atoms with Gasteiger partial charge in [0.25, 0.3) is 0 Å². The monoisotopic (exact) mass is 534 g/mol. The van der Waals surface area contributed by atoms with Crippen molar-refractivity contribution >= 4 is 33.6 Å². The van der Waals surface area contributed by atoms with Crippen LogP contribution in [0.25, 0.3) is 0 Å². The molecule has 1 aliphatic rings. The van der Waals surface area contributed by atoms with Crippen molar-refractivity contribution in [2.75, 3.05) is 38.8 Å². The number of amides is 2. The predicted octanol–water partition coefficient (Wildman–Crippen LogP) is 5.18. The molecule has 2 amide bonds. The van der Waals surface area contributed by atoms with Crippen LogP contribution in [0.5, 0.6) is 17.2 Å². The zero-order valence-corrected chi connectivity index (χ0v) is 21.3. The number of hydrogen-bond donors (Lipinski definition) is 1. The summed E-state index contributed by atoms with van der Waals surface area (Å²) in [7, 11) is 3.13. The van der Waals surface area contributed by atoms with Gasteiger partial charge in [-0.05, 0) is 30.7 Å². The molecule has 1 atom stereocenters. The van der Waals surface area contributed by atoms with Crippen LogP contribution in [-0.4, -0.2) is 55.9 Å². The van der Waals surface area contributed by atoms with Crippen molar-refractivity contribution in [1.29, 1.82) is 0 Å². The molecule has 34 heavy (non-hydrogen) atoms. The number of carboxylic acid groups (broad SMARTS) is 1. The number of ether oxygens (including phenoxy) is 3. The van der Waals surface area contributed by atoms with Gasteiger partial charge in [-0.3, -0.25) is 9.69 Å². The Morgan fingerprint density at radius 3 is 2.50 bits per heavy atom. The second-order valence-electron chi connectivity index (χ2n) is 8.16. The molecule has 1 N–H and O–H groups in total. The largest absolute Gasteiger partial charge is 0.496 e. The highest BCUT2D eigenvalue weighted by molar-refractivity contribution is 9.10. The van der Waals surface area contributed by atoms with Crippen LogP contribution >= 0.6 is 15.9 Å². The lowest BCUT2D eigenvalue weighted by molar-refractivity contribution is -0.142. The van der Waals surface area contributed by atoms with Crippen molar-refractivity contribution in [2.24, 2.45) is 5.92 Å². The number of benzene rings is 2. The van der Waals surface area contributed by atoms with E-state index in [0.29, 0.717) is 29.5 Å². The van der Waals surface area contributed by atoms with Crippen LogP contribution in [0.4, 0.5) is 10.5 Å². The minimum Gasteiger partial charge on any atom is -0.496 e. The molecule has 0 saturated carbocycles. The van der Waals surface area contributed by atoms with Gasteiger partial charge in [-0.15, -0.1) is 0 Å². The molecule has 0 aliphatic carbocycles. The maximum absolute atomic E-state index is 13.5. The van der Waals surface area contributed by atoms with Gasteiger partial charge in [0.2, 0.25) is 0 Å². The molecule has 1 heterocycles. The maximum atomic E-state index is 13.5. The van der Waals surface area contributed by atoms with E-state index < -0.39 is 11.9 Å². The first-order valence-electron chi connectivity index (χ1n) is 11.3. The Labute approximate surface area is 208 Å². The number of nitrogens with zero attached hydrogens (tertiary/aromatic N) is 2. The van der Waals surface area contributed by atoms with Crippen LogP contribution in [0, 0.1) is 5.92 Å². The van der Waals surface area contributed by atoms with E-state index in [-0.39, 0.29) is 25.7 Å². The Hall–Kier alpha value is -2.94. The van der Waals surface area contributed by atoms with Crippen LogP contribution in [0.3, 0.4) is 0 Å². The van der Waals surface area contributed by atoms with E-state index in [0.717, 1.165) is 29.3 Å². The van der Waals surface area contributed by atoms with E-state index in [2.05, 4.69) is 22.9 Å². The fourth-order valence-corrected chi connectivity index (χ4v) is 4.25. The summed E-state index contributed by atoms with van der Waals surface area (Å²) in [5.74, 6) is 0.0294. The van der Waals surface area contributed by atoms with E-state index >= 15 is 0 Å². The molecule has 0 bridgehead atoms. The standard InChI is InChI=1S/C25H31BrN2O6/c1-4-5-6-11-34-23-13-20(9-10-21(23)32-2)28-16-18(24(29)30)15-27(25(28)31)14-17-7-8-19(26)12-22(17)33-3/h7-10,12-13,18H,4-6,11,14-16H2,1-3H3,(H,29,30). The highest BCUT2D eigenvalue weighted by atomic mass is 79.9. The van der Waals surface area contributed by atoms with Crippen molar-refractivity contribution in [2.45, 2.75) is 32.7 Å². The maximum Gasteiger partial charge on any atom is 0.324 e. The highest BCUT2D eigenvalue weighted by Crippen LogP contribution is 2.34. The Morgan fingerprint density at radius 1 is 1.06 bits per heavy atom. The topological polar surface area (TPSA) is 88.5 Å². The van der Waals surface area contributed by atoms with E-state index in [9.17, 15) is 14.7 Å². The summed E-state index contributed by atoms with van der Waals surface area (Å²) in [5, 5.41) is 9.77. The van der Waals surface area contributed by atoms with Crippen molar-refractivity contribution in [1.82, 2.24) is 4.90 Å². The average Bonchev–Trinajstić information content (AvgIpc) is 2.83. The van der Waals surface area contributed by atoms with Crippen LogP contribution in [0.15, 0.2) is 40.9 Å². The number of halogens is 1. The number of hydrogen-bond acceptors (Lipinski definition) is 5. The lowest BCUT2D eigenvalue weighted by Gasteiger charge is -2.39.